The molecule has 5 rings (SSSR count). The molecule has 192 valence electrons. The van der Waals surface area contributed by atoms with Crippen molar-refractivity contribution in [2.45, 2.75) is 97.3 Å². The van der Waals surface area contributed by atoms with Gasteiger partial charge in [-0.2, -0.15) is 23.0 Å². The van der Waals surface area contributed by atoms with Crippen molar-refractivity contribution in [3.63, 3.8) is 0 Å². The minimum atomic E-state index is -4.61. The fourth-order valence-electron chi connectivity index (χ4n) is 8.46. The van der Waals surface area contributed by atoms with E-state index in [0.29, 0.717) is 28.1 Å². The zero-order chi connectivity index (χ0) is 25.3. The standard InChI is InChI=1S/C27H35F3N2O3/c1-15(33)32-24(27(28,29)30)14-23(31-32)22-8-7-20-19-6-5-17-13-18(35-16(2)34)9-11-25(17,3)21(19)10-12-26(20,22)4/h5,14,18-22H,6-13H2,1-4H3/t18?,19-,20-,21-,22?,25-,26-/m0/s1. The predicted molar refractivity (Wildman–Crippen MR) is 124 cm³/mol. The van der Waals surface area contributed by atoms with Crippen LogP contribution < -0.4 is 0 Å². The number of allylic oxidation sites excluding steroid dienone is 1. The third kappa shape index (κ3) is 3.86. The highest BCUT2D eigenvalue weighted by Crippen LogP contribution is 2.68. The van der Waals surface area contributed by atoms with E-state index in [9.17, 15) is 22.8 Å². The summed E-state index contributed by atoms with van der Waals surface area (Å²) in [6, 6.07) is 1.11. The number of alkyl halides is 3. The van der Waals surface area contributed by atoms with Gasteiger partial charge >= 0.3 is 12.1 Å². The van der Waals surface area contributed by atoms with E-state index in [4.69, 9.17) is 4.74 Å². The van der Waals surface area contributed by atoms with Crippen molar-refractivity contribution >= 4 is 11.9 Å². The van der Waals surface area contributed by atoms with Crippen LogP contribution in [0.4, 0.5) is 13.2 Å². The molecule has 0 N–H and O–H groups in total. The number of carbonyl (C=O) groups is 2. The van der Waals surface area contributed by atoms with Crippen LogP contribution in [0.2, 0.25) is 0 Å². The molecule has 1 heterocycles. The Morgan fingerprint density at radius 1 is 1.09 bits per heavy atom. The summed E-state index contributed by atoms with van der Waals surface area (Å²) in [6.07, 6.45) is 5.18. The summed E-state index contributed by atoms with van der Waals surface area (Å²) in [7, 11) is 0. The van der Waals surface area contributed by atoms with Crippen LogP contribution in [0.15, 0.2) is 17.7 Å². The molecular weight excluding hydrogens is 457 g/mol. The van der Waals surface area contributed by atoms with Crippen molar-refractivity contribution in [3.05, 3.63) is 29.1 Å². The molecule has 5 nitrogen and oxygen atoms in total. The molecular formula is C27H35F3N2O3. The number of esters is 1. The number of nitrogens with zero attached hydrogens (tertiary/aromatic N) is 2. The Bertz CT molecular complexity index is 1080. The largest absolute Gasteiger partial charge is 0.462 e. The van der Waals surface area contributed by atoms with Crippen LogP contribution in [-0.2, 0) is 15.7 Å². The van der Waals surface area contributed by atoms with Gasteiger partial charge in [-0.15, -0.1) is 0 Å². The first-order valence-electron chi connectivity index (χ1n) is 12.9. The van der Waals surface area contributed by atoms with Gasteiger partial charge in [0.2, 0.25) is 5.91 Å². The van der Waals surface area contributed by atoms with E-state index in [-0.39, 0.29) is 28.8 Å². The van der Waals surface area contributed by atoms with Gasteiger partial charge in [0.15, 0.2) is 5.69 Å². The van der Waals surface area contributed by atoms with Gasteiger partial charge in [-0.05, 0) is 79.6 Å². The summed E-state index contributed by atoms with van der Waals surface area (Å²) in [5.41, 5.74) is 0.832. The average Bonchev–Trinajstić information content (AvgIpc) is 3.35. The van der Waals surface area contributed by atoms with Crippen molar-refractivity contribution in [2.24, 2.45) is 28.6 Å². The number of carbonyl (C=O) groups excluding carboxylic acids is 2. The minimum Gasteiger partial charge on any atom is -0.462 e. The third-order valence-corrected chi connectivity index (χ3v) is 10.1. The molecule has 0 spiro atoms. The Balaban J connectivity index is 1.42. The molecule has 7 atom stereocenters. The highest BCUT2D eigenvalue weighted by molar-refractivity contribution is 5.76. The molecule has 0 bridgehead atoms. The van der Waals surface area contributed by atoms with Crippen LogP contribution in [0.25, 0.3) is 0 Å². The molecule has 8 heteroatoms. The van der Waals surface area contributed by atoms with Gasteiger partial charge < -0.3 is 4.74 Å². The average molecular weight is 493 g/mol. The third-order valence-electron chi connectivity index (χ3n) is 10.1. The zero-order valence-electron chi connectivity index (χ0n) is 21.0. The Morgan fingerprint density at radius 3 is 2.46 bits per heavy atom. The lowest BCUT2D eigenvalue weighted by atomic mass is 9.47. The van der Waals surface area contributed by atoms with Gasteiger partial charge in [-0.25, -0.2) is 0 Å². The first-order chi connectivity index (χ1) is 16.3. The molecule has 3 fully saturated rings. The molecule has 4 aliphatic rings. The zero-order valence-corrected chi connectivity index (χ0v) is 21.0. The van der Waals surface area contributed by atoms with Gasteiger partial charge in [0, 0.05) is 26.2 Å². The fraction of sp³-hybridized carbons (Fsp3) is 0.741. The highest BCUT2D eigenvalue weighted by Gasteiger charge is 2.59. The van der Waals surface area contributed by atoms with E-state index in [2.05, 4.69) is 25.0 Å². The number of ether oxygens (including phenoxy) is 1. The van der Waals surface area contributed by atoms with Gasteiger partial charge in [-0.1, -0.05) is 25.5 Å². The lowest BCUT2D eigenvalue weighted by molar-refractivity contribution is -0.148. The number of aromatic nitrogens is 2. The predicted octanol–water partition coefficient (Wildman–Crippen LogP) is 6.54. The summed E-state index contributed by atoms with van der Waals surface area (Å²) in [5, 5.41) is 4.20. The summed E-state index contributed by atoms with van der Waals surface area (Å²) in [6.45, 7) is 7.21. The SMILES string of the molecule is CC(=O)OC1CC[C@@]2(C)C(=CC[C@@H]3[C@@H]2CC[C@]2(C)C(c4cc(C(F)(F)F)n(C(C)=O)n4)CC[C@@H]32)C1. The van der Waals surface area contributed by atoms with E-state index in [1.165, 1.54) is 12.5 Å². The van der Waals surface area contributed by atoms with E-state index in [0.717, 1.165) is 64.4 Å². The second kappa shape index (κ2) is 8.20. The number of halogens is 3. The Morgan fingerprint density at radius 2 is 1.83 bits per heavy atom. The number of hydrogen-bond acceptors (Lipinski definition) is 4. The summed E-state index contributed by atoms with van der Waals surface area (Å²) in [4.78, 5) is 23.4. The maximum absolute atomic E-state index is 13.6. The van der Waals surface area contributed by atoms with Crippen LogP contribution in [0.3, 0.4) is 0 Å². The van der Waals surface area contributed by atoms with Crippen molar-refractivity contribution in [1.29, 1.82) is 0 Å². The number of rotatable bonds is 2. The van der Waals surface area contributed by atoms with Crippen molar-refractivity contribution in [2.75, 3.05) is 0 Å². The molecule has 1 aromatic rings. The highest BCUT2D eigenvalue weighted by atomic mass is 19.4. The second-order valence-corrected chi connectivity index (χ2v) is 11.8. The lowest BCUT2D eigenvalue weighted by Crippen LogP contribution is -2.50. The summed E-state index contributed by atoms with van der Waals surface area (Å²) < 4.78 is 46.9. The maximum Gasteiger partial charge on any atom is 0.433 e. The first kappa shape index (κ1) is 24.6. The van der Waals surface area contributed by atoms with Crippen molar-refractivity contribution in [3.8, 4) is 0 Å². The molecule has 0 aromatic carbocycles. The van der Waals surface area contributed by atoms with Crippen molar-refractivity contribution < 1.29 is 27.5 Å². The normalized spacial score (nSPS) is 38.7. The number of hydrogen-bond donors (Lipinski definition) is 0. The molecule has 0 saturated heterocycles. The Hall–Kier alpha value is -2.12. The molecule has 3 saturated carbocycles. The number of fused-ring (bicyclic) bond motifs is 5. The van der Waals surface area contributed by atoms with Gasteiger partial charge in [-0.3, -0.25) is 9.59 Å². The summed E-state index contributed by atoms with van der Waals surface area (Å²) in [5.74, 6) is 0.443. The van der Waals surface area contributed by atoms with Gasteiger partial charge in [0.1, 0.15) is 6.10 Å². The smallest absolute Gasteiger partial charge is 0.433 e. The van der Waals surface area contributed by atoms with E-state index in [1.807, 2.05) is 0 Å². The van der Waals surface area contributed by atoms with E-state index in [1.54, 1.807) is 0 Å². The van der Waals surface area contributed by atoms with Crippen LogP contribution in [0.1, 0.15) is 101 Å². The fourth-order valence-corrected chi connectivity index (χ4v) is 8.46. The molecule has 0 amide bonds. The molecule has 0 radical (unpaired) electrons. The van der Waals surface area contributed by atoms with Crippen LogP contribution in [-0.4, -0.2) is 27.8 Å². The Labute approximate surface area is 204 Å². The lowest BCUT2D eigenvalue weighted by Gasteiger charge is -2.58. The topological polar surface area (TPSA) is 61.2 Å². The maximum atomic E-state index is 13.6. The van der Waals surface area contributed by atoms with Crippen LogP contribution in [0.5, 0.6) is 0 Å². The molecule has 0 aliphatic heterocycles. The minimum absolute atomic E-state index is 0.0349. The monoisotopic (exact) mass is 492 g/mol. The van der Waals surface area contributed by atoms with Crippen molar-refractivity contribution in [1.82, 2.24) is 9.78 Å². The van der Waals surface area contributed by atoms with Crippen LogP contribution >= 0.6 is 0 Å². The molecule has 35 heavy (non-hydrogen) atoms. The van der Waals surface area contributed by atoms with Gasteiger partial charge in [0.05, 0.1) is 5.69 Å². The van der Waals surface area contributed by atoms with Gasteiger partial charge in [0.25, 0.3) is 0 Å². The quantitative estimate of drug-likeness (QED) is 0.347. The first-order valence-corrected chi connectivity index (χ1v) is 12.9. The Kier molecular flexibility index (Phi) is 5.76. The molecule has 2 unspecified atom stereocenters. The van der Waals surface area contributed by atoms with Crippen LogP contribution in [0, 0.1) is 28.6 Å². The molecule has 4 aliphatic carbocycles. The summed E-state index contributed by atoms with van der Waals surface area (Å²) >= 11 is 0. The van der Waals surface area contributed by atoms with E-state index < -0.39 is 17.8 Å². The van der Waals surface area contributed by atoms with E-state index >= 15 is 0 Å². The second-order valence-electron chi connectivity index (χ2n) is 11.8. The molecule has 1 aromatic heterocycles.